The second-order valence-corrected chi connectivity index (χ2v) is 6.49. The Bertz CT molecular complexity index is 691. The summed E-state index contributed by atoms with van der Waals surface area (Å²) in [5.74, 6) is 0.0861. The maximum atomic E-state index is 12.7. The van der Waals surface area contributed by atoms with Crippen LogP contribution in [0.4, 0.5) is 0 Å². The van der Waals surface area contributed by atoms with E-state index in [0.29, 0.717) is 6.61 Å². The van der Waals surface area contributed by atoms with Crippen LogP contribution in [0.25, 0.3) is 0 Å². The molecule has 3 rings (SSSR count). The Morgan fingerprint density at radius 1 is 1.32 bits per heavy atom. The molecule has 1 aliphatic heterocycles. The Balaban J connectivity index is 1.51. The third kappa shape index (κ3) is 4.25. The zero-order chi connectivity index (χ0) is 17.6. The highest BCUT2D eigenvalue weighted by molar-refractivity contribution is 5.95. The molecule has 1 saturated heterocycles. The molecule has 1 fully saturated rings. The van der Waals surface area contributed by atoms with Crippen molar-refractivity contribution in [2.45, 2.75) is 52.4 Å². The number of nitrogens with zero attached hydrogens (tertiary/aromatic N) is 4. The van der Waals surface area contributed by atoms with E-state index < -0.39 is 0 Å². The van der Waals surface area contributed by atoms with E-state index in [-0.39, 0.29) is 12.0 Å². The molecule has 6 nitrogen and oxygen atoms in total. The number of pyridine rings is 1. The van der Waals surface area contributed by atoms with Crippen LogP contribution < -0.4 is 0 Å². The van der Waals surface area contributed by atoms with Crippen molar-refractivity contribution < 1.29 is 9.53 Å². The minimum absolute atomic E-state index is 0.0861. The Labute approximate surface area is 148 Å². The molecule has 25 heavy (non-hydrogen) atoms. The molecule has 1 amide bonds. The number of hydrogen-bond acceptors (Lipinski definition) is 4. The van der Waals surface area contributed by atoms with Gasteiger partial charge in [-0.1, -0.05) is 13.0 Å². The Morgan fingerprint density at radius 3 is 2.80 bits per heavy atom. The van der Waals surface area contributed by atoms with E-state index >= 15 is 0 Å². The van der Waals surface area contributed by atoms with Crippen LogP contribution in [0, 0.1) is 6.92 Å². The van der Waals surface area contributed by atoms with E-state index in [4.69, 9.17) is 4.74 Å². The van der Waals surface area contributed by atoms with E-state index in [1.54, 1.807) is 12.4 Å². The molecule has 0 unspecified atom stereocenters. The van der Waals surface area contributed by atoms with Crippen LogP contribution in [0.15, 0.2) is 30.6 Å². The van der Waals surface area contributed by atoms with Crippen molar-refractivity contribution in [1.29, 1.82) is 0 Å². The van der Waals surface area contributed by atoms with Gasteiger partial charge in [0.25, 0.3) is 5.91 Å². The molecule has 0 bridgehead atoms. The van der Waals surface area contributed by atoms with Crippen LogP contribution in [-0.4, -0.2) is 44.8 Å². The second kappa shape index (κ2) is 8.25. The molecule has 0 N–H and O–H groups in total. The molecule has 2 aromatic heterocycles. The Morgan fingerprint density at radius 2 is 2.12 bits per heavy atom. The van der Waals surface area contributed by atoms with Gasteiger partial charge in [-0.25, -0.2) is 0 Å². The molecule has 0 aliphatic carbocycles. The van der Waals surface area contributed by atoms with Gasteiger partial charge in [0.15, 0.2) is 0 Å². The van der Waals surface area contributed by atoms with Gasteiger partial charge in [-0.05, 0) is 38.3 Å². The molecule has 0 atom stereocenters. The number of likely N-dealkylation sites (tertiary alicyclic amines) is 1. The fourth-order valence-corrected chi connectivity index (χ4v) is 3.18. The second-order valence-electron chi connectivity index (χ2n) is 6.49. The van der Waals surface area contributed by atoms with Gasteiger partial charge in [0.05, 0.1) is 30.2 Å². The standard InChI is InChI=1S/C19H26N4O2/c1-3-10-23-15(2)18(13-21-23)19(24)22-11-7-17(8-12-22)25-14-16-6-4-5-9-20-16/h4-6,9,13,17H,3,7-8,10-12,14H2,1-2H3. The number of aromatic nitrogens is 3. The molecule has 0 radical (unpaired) electrons. The van der Waals surface area contributed by atoms with Crippen molar-refractivity contribution in [3.8, 4) is 0 Å². The lowest BCUT2D eigenvalue weighted by molar-refractivity contribution is -0.00162. The van der Waals surface area contributed by atoms with E-state index in [9.17, 15) is 4.79 Å². The summed E-state index contributed by atoms with van der Waals surface area (Å²) in [4.78, 5) is 18.9. The lowest BCUT2D eigenvalue weighted by Crippen LogP contribution is -2.41. The summed E-state index contributed by atoms with van der Waals surface area (Å²) in [5, 5.41) is 4.34. The van der Waals surface area contributed by atoms with Crippen molar-refractivity contribution in [3.63, 3.8) is 0 Å². The van der Waals surface area contributed by atoms with Crippen LogP contribution in [0.2, 0.25) is 0 Å². The van der Waals surface area contributed by atoms with Gasteiger partial charge in [-0.2, -0.15) is 5.10 Å². The first kappa shape index (κ1) is 17.6. The summed E-state index contributed by atoms with van der Waals surface area (Å²) in [5.41, 5.74) is 2.63. The minimum atomic E-state index is 0.0861. The molecule has 0 aromatic carbocycles. The fraction of sp³-hybridized carbons (Fsp3) is 0.526. The average molecular weight is 342 g/mol. The van der Waals surface area contributed by atoms with Crippen molar-refractivity contribution in [2.24, 2.45) is 0 Å². The number of carbonyl (C=O) groups excluding carboxylic acids is 1. The summed E-state index contributed by atoms with van der Waals surface area (Å²) >= 11 is 0. The third-order valence-electron chi connectivity index (χ3n) is 4.69. The maximum Gasteiger partial charge on any atom is 0.257 e. The highest BCUT2D eigenvalue weighted by atomic mass is 16.5. The zero-order valence-corrected chi connectivity index (χ0v) is 15.0. The predicted molar refractivity (Wildman–Crippen MR) is 95.2 cm³/mol. The van der Waals surface area contributed by atoms with Crippen LogP contribution >= 0.6 is 0 Å². The molecular weight excluding hydrogens is 316 g/mol. The maximum absolute atomic E-state index is 12.7. The topological polar surface area (TPSA) is 60.2 Å². The molecule has 0 saturated carbocycles. The SMILES string of the molecule is CCCn1ncc(C(=O)N2CCC(OCc3ccccn3)CC2)c1C. The lowest BCUT2D eigenvalue weighted by Gasteiger charge is -2.31. The van der Waals surface area contributed by atoms with Crippen molar-refractivity contribution in [1.82, 2.24) is 19.7 Å². The first-order valence-electron chi connectivity index (χ1n) is 9.02. The van der Waals surface area contributed by atoms with Gasteiger partial charge in [-0.3, -0.25) is 14.5 Å². The van der Waals surface area contributed by atoms with E-state index in [1.807, 2.05) is 34.7 Å². The molecule has 0 spiro atoms. The van der Waals surface area contributed by atoms with Gasteiger partial charge in [0.1, 0.15) is 0 Å². The molecule has 2 aromatic rings. The quantitative estimate of drug-likeness (QED) is 0.810. The van der Waals surface area contributed by atoms with Crippen LogP contribution in [-0.2, 0) is 17.9 Å². The van der Waals surface area contributed by atoms with Gasteiger partial charge >= 0.3 is 0 Å². The minimum Gasteiger partial charge on any atom is -0.372 e. The Kier molecular flexibility index (Phi) is 5.81. The molecular formula is C19H26N4O2. The molecule has 6 heteroatoms. The van der Waals surface area contributed by atoms with Crippen LogP contribution in [0.1, 0.15) is 47.9 Å². The number of aryl methyl sites for hydroxylation is 1. The predicted octanol–water partition coefficient (Wildman–Crippen LogP) is 2.82. The van der Waals surface area contributed by atoms with E-state index in [2.05, 4.69) is 17.0 Å². The number of ether oxygens (including phenoxy) is 1. The summed E-state index contributed by atoms with van der Waals surface area (Å²) in [6, 6.07) is 5.83. The van der Waals surface area contributed by atoms with E-state index in [1.165, 1.54) is 0 Å². The number of amides is 1. The summed E-state index contributed by atoms with van der Waals surface area (Å²) in [7, 11) is 0. The van der Waals surface area contributed by atoms with Gasteiger partial charge in [0.2, 0.25) is 0 Å². The first-order chi connectivity index (χ1) is 12.2. The number of hydrogen-bond donors (Lipinski definition) is 0. The van der Waals surface area contributed by atoms with Crippen molar-refractivity contribution >= 4 is 5.91 Å². The fourth-order valence-electron chi connectivity index (χ4n) is 3.18. The summed E-state index contributed by atoms with van der Waals surface area (Å²) in [6.07, 6.45) is 6.41. The highest BCUT2D eigenvalue weighted by Gasteiger charge is 2.26. The third-order valence-corrected chi connectivity index (χ3v) is 4.69. The summed E-state index contributed by atoms with van der Waals surface area (Å²) < 4.78 is 7.86. The normalized spacial score (nSPS) is 15.5. The Hall–Kier alpha value is -2.21. The largest absolute Gasteiger partial charge is 0.372 e. The molecule has 134 valence electrons. The van der Waals surface area contributed by atoms with Crippen LogP contribution in [0.3, 0.4) is 0 Å². The summed E-state index contributed by atoms with van der Waals surface area (Å²) in [6.45, 7) is 6.91. The lowest BCUT2D eigenvalue weighted by atomic mass is 10.1. The zero-order valence-electron chi connectivity index (χ0n) is 15.0. The van der Waals surface area contributed by atoms with Gasteiger partial charge < -0.3 is 9.64 Å². The molecule has 3 heterocycles. The van der Waals surface area contributed by atoms with Gasteiger partial charge in [-0.15, -0.1) is 0 Å². The van der Waals surface area contributed by atoms with Crippen molar-refractivity contribution in [2.75, 3.05) is 13.1 Å². The monoisotopic (exact) mass is 342 g/mol. The highest BCUT2D eigenvalue weighted by Crippen LogP contribution is 2.19. The first-order valence-corrected chi connectivity index (χ1v) is 9.02. The van der Waals surface area contributed by atoms with Gasteiger partial charge in [0, 0.05) is 31.5 Å². The number of carbonyl (C=O) groups is 1. The van der Waals surface area contributed by atoms with Crippen molar-refractivity contribution in [3.05, 3.63) is 47.5 Å². The van der Waals surface area contributed by atoms with Crippen LogP contribution in [0.5, 0.6) is 0 Å². The average Bonchev–Trinajstić information content (AvgIpc) is 3.02. The number of rotatable bonds is 6. The van der Waals surface area contributed by atoms with E-state index in [0.717, 1.165) is 55.8 Å². The number of piperidine rings is 1. The smallest absolute Gasteiger partial charge is 0.257 e. The molecule has 1 aliphatic rings.